The van der Waals surface area contributed by atoms with Gasteiger partial charge in [-0.3, -0.25) is 0 Å². The summed E-state index contributed by atoms with van der Waals surface area (Å²) in [6.45, 7) is 0. The van der Waals surface area contributed by atoms with Crippen molar-refractivity contribution in [3.63, 3.8) is 0 Å². The average Bonchev–Trinajstić information content (AvgIpc) is 4.23. The minimum absolute atomic E-state index is 0.838. The van der Waals surface area contributed by atoms with E-state index < -0.39 is 0 Å². The summed E-state index contributed by atoms with van der Waals surface area (Å²) in [5.74, 6) is 0. The fourth-order valence-corrected chi connectivity index (χ4v) is 12.5. The van der Waals surface area contributed by atoms with Crippen molar-refractivity contribution in [3.8, 4) is 11.1 Å². The Bertz CT molecular complexity index is 4660. The normalized spacial score (nSPS) is 11.7. The molecule has 12 aromatic carbocycles. The zero-order valence-corrected chi connectivity index (χ0v) is 41.9. The number of anilines is 9. The van der Waals surface area contributed by atoms with E-state index in [9.17, 15) is 0 Å². The molecule has 76 heavy (non-hydrogen) atoms. The van der Waals surface area contributed by atoms with E-state index in [1.807, 2.05) is 17.4 Å². The highest BCUT2D eigenvalue weighted by Gasteiger charge is 2.27. The summed E-state index contributed by atoms with van der Waals surface area (Å²) in [6.07, 6.45) is 0. The van der Waals surface area contributed by atoms with E-state index in [0.29, 0.717) is 0 Å². The third-order valence-corrected chi connectivity index (χ3v) is 16.0. The van der Waals surface area contributed by atoms with Crippen molar-refractivity contribution in [3.05, 3.63) is 273 Å². The van der Waals surface area contributed by atoms with Crippen LogP contribution in [-0.4, -0.2) is 0 Å². The summed E-state index contributed by atoms with van der Waals surface area (Å²) in [4.78, 5) is 7.20. The van der Waals surface area contributed by atoms with Gasteiger partial charge in [-0.2, -0.15) is 0 Å². The first-order valence-electron chi connectivity index (χ1n) is 25.6. The third kappa shape index (κ3) is 7.22. The average molecular weight is 992 g/mol. The molecule has 15 rings (SSSR count). The molecule has 0 saturated carbocycles. The van der Waals surface area contributed by atoms with E-state index in [-0.39, 0.29) is 0 Å². The van der Waals surface area contributed by atoms with Crippen LogP contribution in [0.25, 0.3) is 85.9 Å². The fourth-order valence-electron chi connectivity index (χ4n) is 11.4. The summed E-state index contributed by atoms with van der Waals surface area (Å²) in [5, 5.41) is 8.85. The molecule has 0 fully saturated rings. The molecule has 0 bridgehead atoms. The molecule has 0 spiro atoms. The summed E-state index contributed by atoms with van der Waals surface area (Å²) in [5.41, 5.74) is 15.0. The molecule has 15 aromatic rings. The van der Waals surface area contributed by atoms with Crippen molar-refractivity contribution in [2.45, 2.75) is 0 Å². The molecule has 0 aliphatic rings. The van der Waals surface area contributed by atoms with Crippen LogP contribution in [0.4, 0.5) is 51.2 Å². The third-order valence-electron chi connectivity index (χ3n) is 14.8. The lowest BCUT2D eigenvalue weighted by Crippen LogP contribution is -2.13. The SMILES string of the molecule is c1ccc(-c2cccc(N(c3ccccc3)c3cc(N(c4ccccc4)c4cccc5oc6ccccc6c45)c4sc5ccc(N(c6ccccc6)c6cccc7c6oc6c8ccccc8ccc76)cc5c4c3)c2)cc1. The molecule has 0 atom stereocenters. The first-order chi connectivity index (χ1) is 37.7. The van der Waals surface area contributed by atoms with E-state index in [4.69, 9.17) is 8.83 Å². The molecule has 5 nitrogen and oxygen atoms in total. The Morgan fingerprint density at radius 3 is 1.63 bits per heavy atom. The first-order valence-corrected chi connectivity index (χ1v) is 26.5. The molecule has 0 radical (unpaired) electrons. The molecular weight excluding hydrogens is 947 g/mol. The van der Waals surface area contributed by atoms with Gasteiger partial charge in [0, 0.05) is 71.1 Å². The lowest BCUT2D eigenvalue weighted by molar-refractivity contribution is 0.669. The van der Waals surface area contributed by atoms with Gasteiger partial charge in [0.15, 0.2) is 5.58 Å². The van der Waals surface area contributed by atoms with Gasteiger partial charge in [0.1, 0.15) is 16.7 Å². The number of hydrogen-bond acceptors (Lipinski definition) is 6. The van der Waals surface area contributed by atoms with Crippen LogP contribution in [0, 0.1) is 0 Å². The van der Waals surface area contributed by atoms with Gasteiger partial charge >= 0.3 is 0 Å². The monoisotopic (exact) mass is 991 g/mol. The Hall–Kier alpha value is -9.88. The molecule has 0 aliphatic heterocycles. The van der Waals surface area contributed by atoms with Crippen molar-refractivity contribution in [2.24, 2.45) is 0 Å². The van der Waals surface area contributed by atoms with Crippen LogP contribution in [-0.2, 0) is 0 Å². The zero-order valence-electron chi connectivity index (χ0n) is 41.0. The first kappa shape index (κ1) is 43.7. The van der Waals surface area contributed by atoms with Gasteiger partial charge < -0.3 is 23.5 Å². The van der Waals surface area contributed by atoms with Gasteiger partial charge in [-0.05, 0) is 126 Å². The number of para-hydroxylation sites is 5. The number of furan rings is 2. The Kier molecular flexibility index (Phi) is 10.3. The Balaban J connectivity index is 1.02. The van der Waals surface area contributed by atoms with Crippen LogP contribution >= 0.6 is 11.3 Å². The largest absolute Gasteiger partial charge is 0.456 e. The molecule has 6 heteroatoms. The van der Waals surface area contributed by atoms with Gasteiger partial charge in [-0.1, -0.05) is 164 Å². The highest BCUT2D eigenvalue weighted by atomic mass is 32.1. The van der Waals surface area contributed by atoms with Gasteiger partial charge in [0.05, 0.1) is 27.1 Å². The van der Waals surface area contributed by atoms with Crippen molar-refractivity contribution in [1.29, 1.82) is 0 Å². The lowest BCUT2D eigenvalue weighted by atomic mass is 10.0. The number of benzene rings is 12. The Morgan fingerprint density at radius 1 is 0.276 bits per heavy atom. The standard InChI is InChI=1S/C70H45N3O2S/c1-5-20-46(21-6-1)48-23-17-30-52(42-48)71(49-24-7-2-8-25-49)54-44-60-59-43-53(72(50-26-9-3-10-27-50)62-35-18-33-56-57-40-38-47-22-13-14-31-55(47)68(57)75-69(56)62)39-41-66(59)76-70(60)63(45-54)73(51-28-11-4-12-29-51)61-34-19-37-65-67(61)58-32-15-16-36-64(58)74-65/h1-45H. The van der Waals surface area contributed by atoms with Gasteiger partial charge in [-0.15, -0.1) is 11.3 Å². The van der Waals surface area contributed by atoms with E-state index in [1.165, 1.54) is 4.70 Å². The molecular formula is C70H45N3O2S. The second kappa shape index (κ2) is 18.0. The number of rotatable bonds is 10. The topological polar surface area (TPSA) is 36.0 Å². The molecule has 3 heterocycles. The van der Waals surface area contributed by atoms with Crippen molar-refractivity contribution in [1.82, 2.24) is 0 Å². The van der Waals surface area contributed by atoms with Crippen LogP contribution in [0.1, 0.15) is 0 Å². The predicted octanol–water partition coefficient (Wildman–Crippen LogP) is 21.1. The summed E-state index contributed by atoms with van der Waals surface area (Å²) < 4.78 is 16.0. The second-order valence-corrected chi connectivity index (χ2v) is 20.3. The van der Waals surface area contributed by atoms with Crippen molar-refractivity contribution in [2.75, 3.05) is 14.7 Å². The van der Waals surface area contributed by atoms with Crippen LogP contribution in [0.5, 0.6) is 0 Å². The number of thiophene rings is 1. The Labute approximate surface area is 442 Å². The highest BCUT2D eigenvalue weighted by Crippen LogP contribution is 2.53. The zero-order chi connectivity index (χ0) is 50.1. The maximum Gasteiger partial charge on any atom is 0.159 e. The van der Waals surface area contributed by atoms with E-state index >= 15 is 0 Å². The maximum absolute atomic E-state index is 7.05. The van der Waals surface area contributed by atoms with Crippen molar-refractivity contribution < 1.29 is 8.83 Å². The summed E-state index contributed by atoms with van der Waals surface area (Å²) in [6, 6.07) is 97.6. The minimum Gasteiger partial charge on any atom is -0.456 e. The molecule has 0 N–H and O–H groups in total. The van der Waals surface area contributed by atoms with Crippen LogP contribution in [0.15, 0.2) is 282 Å². The van der Waals surface area contributed by atoms with E-state index in [1.54, 1.807) is 0 Å². The van der Waals surface area contributed by atoms with Crippen LogP contribution in [0.3, 0.4) is 0 Å². The van der Waals surface area contributed by atoms with Crippen LogP contribution in [0.2, 0.25) is 0 Å². The predicted molar refractivity (Wildman–Crippen MR) is 321 cm³/mol. The van der Waals surface area contributed by atoms with E-state index in [0.717, 1.165) is 132 Å². The number of hydrogen-bond donors (Lipinski definition) is 0. The second-order valence-electron chi connectivity index (χ2n) is 19.2. The number of nitrogens with zero attached hydrogens (tertiary/aromatic N) is 3. The Morgan fingerprint density at radius 2 is 0.842 bits per heavy atom. The molecule has 358 valence electrons. The lowest BCUT2D eigenvalue weighted by Gasteiger charge is -2.30. The number of fused-ring (bicyclic) bond motifs is 11. The fraction of sp³-hybridized carbons (Fsp3) is 0. The van der Waals surface area contributed by atoms with E-state index in [2.05, 4.69) is 282 Å². The van der Waals surface area contributed by atoms with Crippen molar-refractivity contribution >= 4 is 137 Å². The molecule has 0 saturated heterocycles. The van der Waals surface area contributed by atoms with Crippen LogP contribution < -0.4 is 14.7 Å². The van der Waals surface area contributed by atoms with Gasteiger partial charge in [-0.25, -0.2) is 0 Å². The molecule has 0 unspecified atom stereocenters. The molecule has 0 aliphatic carbocycles. The maximum atomic E-state index is 7.05. The van der Waals surface area contributed by atoms with Gasteiger partial charge in [0.25, 0.3) is 0 Å². The van der Waals surface area contributed by atoms with Gasteiger partial charge in [0.2, 0.25) is 0 Å². The summed E-state index contributed by atoms with van der Waals surface area (Å²) >= 11 is 1.83. The molecule has 0 amide bonds. The smallest absolute Gasteiger partial charge is 0.159 e. The molecule has 3 aromatic heterocycles. The highest BCUT2D eigenvalue weighted by molar-refractivity contribution is 7.26. The minimum atomic E-state index is 0.838. The summed E-state index contributed by atoms with van der Waals surface area (Å²) in [7, 11) is 0. The quantitative estimate of drug-likeness (QED) is 0.136.